The molecule has 8 heteroatoms. The average molecular weight is 394 g/mol. The van der Waals surface area contributed by atoms with Gasteiger partial charge in [0.15, 0.2) is 6.29 Å². The van der Waals surface area contributed by atoms with Crippen molar-refractivity contribution in [2.45, 2.75) is 42.9 Å². The molecule has 0 aliphatic heterocycles. The topological polar surface area (TPSA) is 151 Å². The van der Waals surface area contributed by atoms with Crippen LogP contribution in [0.5, 0.6) is 0 Å². The normalized spacial score (nSPS) is 19.2. The third kappa shape index (κ3) is 5.57. The maximum Gasteiger partial charge on any atom is 0.181 e. The maximum absolute atomic E-state index is 10.7. The smallest absolute Gasteiger partial charge is 0.181 e. The van der Waals surface area contributed by atoms with E-state index in [0.717, 1.165) is 0 Å². The van der Waals surface area contributed by atoms with E-state index >= 15 is 0 Å². The van der Waals surface area contributed by atoms with Gasteiger partial charge in [-0.2, -0.15) is 0 Å². The first-order valence-corrected chi connectivity index (χ1v) is 8.81. The quantitative estimate of drug-likeness (QED) is 0.260. The van der Waals surface area contributed by atoms with E-state index in [0.29, 0.717) is 11.1 Å². The summed E-state index contributed by atoms with van der Waals surface area (Å²) in [6, 6.07) is 16.4. The van der Waals surface area contributed by atoms with Gasteiger partial charge in [0.25, 0.3) is 0 Å². The van der Waals surface area contributed by atoms with Crippen LogP contribution < -0.4 is 0 Å². The Hall–Kier alpha value is -1.88. The Kier molecular flexibility index (Phi) is 8.49. The van der Waals surface area contributed by atoms with Crippen molar-refractivity contribution in [3.8, 4) is 0 Å². The van der Waals surface area contributed by atoms with Crippen LogP contribution in [0.4, 0.5) is 0 Å². The first-order chi connectivity index (χ1) is 13.4. The molecule has 154 valence electrons. The molecule has 2 aromatic rings. The van der Waals surface area contributed by atoms with Crippen molar-refractivity contribution in [2.75, 3.05) is 6.61 Å². The Balaban J connectivity index is 2.27. The molecule has 0 aromatic heterocycles. The van der Waals surface area contributed by atoms with E-state index in [1.54, 1.807) is 60.7 Å². The lowest BCUT2D eigenvalue weighted by molar-refractivity contribution is -0.226. The van der Waals surface area contributed by atoms with Crippen LogP contribution in [0.3, 0.4) is 0 Å². The summed E-state index contributed by atoms with van der Waals surface area (Å²) in [5.41, 5.74) is 0.696. The van der Waals surface area contributed by atoms with Gasteiger partial charge in [0, 0.05) is 5.56 Å². The van der Waals surface area contributed by atoms with Crippen LogP contribution in [0.15, 0.2) is 60.7 Å². The van der Waals surface area contributed by atoms with Crippen molar-refractivity contribution < 1.29 is 40.5 Å². The molecule has 0 fully saturated rings. The van der Waals surface area contributed by atoms with Crippen LogP contribution in [0.1, 0.15) is 23.5 Å². The lowest BCUT2D eigenvalue weighted by Gasteiger charge is -2.34. The largest absolute Gasteiger partial charge is 0.394 e. The van der Waals surface area contributed by atoms with Crippen molar-refractivity contribution in [1.82, 2.24) is 0 Å². The zero-order valence-corrected chi connectivity index (χ0v) is 15.1. The number of benzene rings is 2. The fraction of sp³-hybridized carbons (Fsp3) is 0.400. The molecule has 3 unspecified atom stereocenters. The minimum atomic E-state index is -1.96. The minimum Gasteiger partial charge on any atom is -0.394 e. The zero-order chi connectivity index (χ0) is 20.7. The summed E-state index contributed by atoms with van der Waals surface area (Å²) in [6.07, 6.45) is -12.0. The third-order valence-electron chi connectivity index (χ3n) is 4.44. The molecule has 0 spiro atoms. The lowest BCUT2D eigenvalue weighted by atomic mass is 9.93. The number of ether oxygens (including phenoxy) is 1. The molecule has 0 amide bonds. The predicted octanol–water partition coefficient (Wildman–Crippen LogP) is -0.768. The highest BCUT2D eigenvalue weighted by Gasteiger charge is 2.40. The third-order valence-corrected chi connectivity index (χ3v) is 4.44. The highest BCUT2D eigenvalue weighted by Crippen LogP contribution is 2.28. The number of hydrogen-bond donors (Lipinski definition) is 7. The van der Waals surface area contributed by atoms with Crippen molar-refractivity contribution in [3.05, 3.63) is 71.8 Å². The first kappa shape index (κ1) is 22.4. The van der Waals surface area contributed by atoms with Gasteiger partial charge >= 0.3 is 0 Å². The minimum absolute atomic E-state index is 0.344. The lowest BCUT2D eigenvalue weighted by Crippen LogP contribution is -2.52. The van der Waals surface area contributed by atoms with Crippen LogP contribution >= 0.6 is 0 Å². The number of aliphatic hydroxyl groups excluding tert-OH is 7. The Morgan fingerprint density at radius 1 is 0.643 bits per heavy atom. The highest BCUT2D eigenvalue weighted by molar-refractivity contribution is 5.20. The van der Waals surface area contributed by atoms with Crippen molar-refractivity contribution in [2.24, 2.45) is 0 Å². The number of aliphatic hydroxyl groups is 7. The van der Waals surface area contributed by atoms with Crippen LogP contribution in [0.2, 0.25) is 0 Å². The van der Waals surface area contributed by atoms with E-state index in [9.17, 15) is 30.6 Å². The molecule has 0 bridgehead atoms. The fourth-order valence-electron chi connectivity index (χ4n) is 2.76. The van der Waals surface area contributed by atoms with Gasteiger partial charge in [-0.15, -0.1) is 0 Å². The molecule has 2 rings (SSSR count). The van der Waals surface area contributed by atoms with E-state index in [-0.39, 0.29) is 0 Å². The summed E-state index contributed by atoms with van der Waals surface area (Å²) in [4.78, 5) is 0. The SMILES string of the molecule is OC[C@@H](O)[C@@H](O)[C@H](O)[C@@H](O)C(OC(O)c1ccccc1)C(O)c1ccccc1. The van der Waals surface area contributed by atoms with E-state index in [2.05, 4.69) is 0 Å². The summed E-state index contributed by atoms with van der Waals surface area (Å²) < 4.78 is 5.44. The Labute approximate surface area is 162 Å². The van der Waals surface area contributed by atoms with Gasteiger partial charge in [-0.1, -0.05) is 60.7 Å². The first-order valence-electron chi connectivity index (χ1n) is 8.81. The summed E-state index contributed by atoms with van der Waals surface area (Å²) in [7, 11) is 0. The van der Waals surface area contributed by atoms with E-state index in [1.165, 1.54) is 0 Å². The molecule has 0 saturated carbocycles. The molecular weight excluding hydrogens is 368 g/mol. The van der Waals surface area contributed by atoms with Gasteiger partial charge in [-0.3, -0.25) is 0 Å². The van der Waals surface area contributed by atoms with Crippen molar-refractivity contribution in [3.63, 3.8) is 0 Å². The van der Waals surface area contributed by atoms with Crippen molar-refractivity contribution in [1.29, 1.82) is 0 Å². The van der Waals surface area contributed by atoms with Crippen molar-refractivity contribution >= 4 is 0 Å². The highest BCUT2D eigenvalue weighted by atomic mass is 16.6. The number of rotatable bonds is 10. The molecule has 7 atom stereocenters. The van der Waals surface area contributed by atoms with E-state index in [4.69, 9.17) is 9.84 Å². The van der Waals surface area contributed by atoms with Crippen LogP contribution in [-0.2, 0) is 4.74 Å². The summed E-state index contributed by atoms with van der Waals surface area (Å²) in [5, 5.41) is 70.1. The molecule has 0 aliphatic carbocycles. The maximum atomic E-state index is 10.7. The Morgan fingerprint density at radius 3 is 1.64 bits per heavy atom. The van der Waals surface area contributed by atoms with Gasteiger partial charge in [0.1, 0.15) is 36.6 Å². The molecular formula is C20H26O8. The van der Waals surface area contributed by atoms with Crippen LogP contribution in [-0.4, -0.2) is 72.9 Å². The average Bonchev–Trinajstić information content (AvgIpc) is 2.75. The Bertz CT molecular complexity index is 683. The van der Waals surface area contributed by atoms with Gasteiger partial charge in [0.05, 0.1) is 6.61 Å². The zero-order valence-electron chi connectivity index (χ0n) is 15.1. The van der Waals surface area contributed by atoms with Gasteiger partial charge in [-0.25, -0.2) is 0 Å². The van der Waals surface area contributed by atoms with Gasteiger partial charge in [-0.05, 0) is 5.56 Å². The summed E-state index contributed by atoms with van der Waals surface area (Å²) in [6.45, 7) is -0.843. The molecule has 7 N–H and O–H groups in total. The second kappa shape index (κ2) is 10.6. The Morgan fingerprint density at radius 2 is 1.14 bits per heavy atom. The molecule has 0 saturated heterocycles. The molecule has 0 heterocycles. The second-order valence-electron chi connectivity index (χ2n) is 6.44. The molecule has 28 heavy (non-hydrogen) atoms. The number of hydrogen-bond acceptors (Lipinski definition) is 8. The van der Waals surface area contributed by atoms with Gasteiger partial charge < -0.3 is 40.5 Å². The molecule has 8 nitrogen and oxygen atoms in total. The summed E-state index contributed by atoms with van der Waals surface area (Å²) >= 11 is 0. The molecule has 2 aromatic carbocycles. The van der Waals surface area contributed by atoms with E-state index in [1.807, 2.05) is 0 Å². The second-order valence-corrected chi connectivity index (χ2v) is 6.44. The monoisotopic (exact) mass is 394 g/mol. The summed E-state index contributed by atoms with van der Waals surface area (Å²) in [5.74, 6) is 0. The fourth-order valence-corrected chi connectivity index (χ4v) is 2.76. The molecule has 0 aliphatic rings. The molecule has 0 radical (unpaired) electrons. The van der Waals surface area contributed by atoms with Gasteiger partial charge in [0.2, 0.25) is 0 Å². The van der Waals surface area contributed by atoms with Crippen LogP contribution in [0, 0.1) is 0 Å². The standard InChI is InChI=1S/C20H26O8/c21-11-14(22)16(24)17(25)18(26)19(15(23)12-7-3-1-4-8-12)28-20(27)13-9-5-2-6-10-13/h1-10,14-27H,11H2/t14-,15?,16-,17+,18-,19?,20?/m1/s1. The predicted molar refractivity (Wildman–Crippen MR) is 98.8 cm³/mol. The van der Waals surface area contributed by atoms with E-state index < -0.39 is 49.5 Å². The van der Waals surface area contributed by atoms with Crippen LogP contribution in [0.25, 0.3) is 0 Å².